The van der Waals surface area contributed by atoms with Crippen molar-refractivity contribution < 1.29 is 39.6 Å². The molecule has 0 fully saturated rings. The third-order valence-corrected chi connectivity index (χ3v) is 1.21. The lowest BCUT2D eigenvalue weighted by Gasteiger charge is -1.74. The molecule has 4 N–H and O–H groups in total. The fourth-order valence-corrected chi connectivity index (χ4v) is 0.538. The molecule has 0 saturated carbocycles. The highest BCUT2D eigenvalue weighted by molar-refractivity contribution is 5.90. The van der Waals surface area contributed by atoms with E-state index in [1.165, 1.54) is 6.33 Å². The van der Waals surface area contributed by atoms with Crippen molar-refractivity contribution in [2.45, 2.75) is 0 Å². The summed E-state index contributed by atoms with van der Waals surface area (Å²) in [6, 6.07) is 1.78. The van der Waals surface area contributed by atoms with Gasteiger partial charge in [0.2, 0.25) is 0 Å². The van der Waals surface area contributed by atoms with E-state index in [0.717, 1.165) is 0 Å². The summed E-state index contributed by atoms with van der Waals surface area (Å²) in [5.74, 6) is -5.03. The molecule has 0 atom stereocenters. The highest BCUT2D eigenvalue weighted by atomic mass is 16.4. The van der Waals surface area contributed by atoms with Gasteiger partial charge < -0.3 is 20.4 Å². The van der Waals surface area contributed by atoms with Crippen LogP contribution in [0.15, 0.2) is 49.1 Å². The van der Waals surface area contributed by atoms with Crippen molar-refractivity contribution in [1.82, 2.24) is 9.97 Å². The van der Waals surface area contributed by atoms with E-state index in [2.05, 4.69) is 9.97 Å². The van der Waals surface area contributed by atoms with Crippen LogP contribution in [0, 0.1) is 0 Å². The van der Waals surface area contributed by atoms with Gasteiger partial charge in [-0.25, -0.2) is 29.1 Å². The lowest BCUT2D eigenvalue weighted by Crippen LogP contribution is -1.91. The van der Waals surface area contributed by atoms with E-state index in [0.29, 0.717) is 24.3 Å². The predicted octanol–water partition coefficient (Wildman–Crippen LogP) is -0.0998. The molecule has 0 aromatic carbocycles. The molecule has 0 aliphatic rings. The van der Waals surface area contributed by atoms with E-state index < -0.39 is 23.9 Å². The average molecular weight is 312 g/mol. The van der Waals surface area contributed by atoms with Crippen LogP contribution in [0.5, 0.6) is 0 Å². The molecule has 1 heterocycles. The smallest absolute Gasteiger partial charge is 0.328 e. The minimum Gasteiger partial charge on any atom is -0.478 e. The zero-order valence-electron chi connectivity index (χ0n) is 10.9. The SMILES string of the molecule is O=C(O)/C=C\C(=O)O.O=C(O)/C=C\C(=O)O.c1cncnc1. The molecule has 0 spiro atoms. The lowest BCUT2D eigenvalue weighted by molar-refractivity contribution is -0.134. The maximum absolute atomic E-state index is 9.55. The van der Waals surface area contributed by atoms with Gasteiger partial charge in [0.1, 0.15) is 6.33 Å². The van der Waals surface area contributed by atoms with E-state index >= 15 is 0 Å². The molecule has 0 amide bonds. The number of carboxylic acid groups (broad SMARTS) is 4. The van der Waals surface area contributed by atoms with Crippen LogP contribution in [0.4, 0.5) is 0 Å². The summed E-state index contributed by atoms with van der Waals surface area (Å²) in [4.78, 5) is 45.6. The quantitative estimate of drug-likeness (QED) is 0.549. The molecule has 0 bridgehead atoms. The van der Waals surface area contributed by atoms with Crippen LogP contribution in [-0.2, 0) is 19.2 Å². The number of carbonyl (C=O) groups is 4. The molecule has 1 aromatic rings. The molecule has 0 unspecified atom stereocenters. The summed E-state index contributed by atoms with van der Waals surface area (Å²) < 4.78 is 0. The fraction of sp³-hybridized carbons (Fsp3) is 0. The number of rotatable bonds is 4. The minimum atomic E-state index is -1.26. The van der Waals surface area contributed by atoms with Crippen molar-refractivity contribution >= 4 is 23.9 Å². The first kappa shape index (κ1) is 20.8. The molecule has 0 aliphatic heterocycles. The molecule has 10 nitrogen and oxygen atoms in total. The normalized spacial score (nSPS) is 9.09. The average Bonchev–Trinajstić information content (AvgIpc) is 2.46. The molecular weight excluding hydrogens is 300 g/mol. The Labute approximate surface area is 123 Å². The van der Waals surface area contributed by atoms with Gasteiger partial charge in [-0.1, -0.05) is 0 Å². The highest BCUT2D eigenvalue weighted by Gasteiger charge is 1.88. The van der Waals surface area contributed by atoms with Gasteiger partial charge in [0.25, 0.3) is 0 Å². The van der Waals surface area contributed by atoms with Crippen LogP contribution in [0.3, 0.4) is 0 Å². The summed E-state index contributed by atoms with van der Waals surface area (Å²) >= 11 is 0. The van der Waals surface area contributed by atoms with Crippen molar-refractivity contribution in [1.29, 1.82) is 0 Å². The number of hydrogen-bond acceptors (Lipinski definition) is 6. The summed E-state index contributed by atoms with van der Waals surface area (Å²) in [7, 11) is 0. The van der Waals surface area contributed by atoms with Crippen LogP contribution in [-0.4, -0.2) is 54.3 Å². The summed E-state index contributed by atoms with van der Waals surface area (Å²) in [5.41, 5.74) is 0. The number of aliphatic carboxylic acids is 4. The van der Waals surface area contributed by atoms with Gasteiger partial charge in [-0.3, -0.25) is 0 Å². The van der Waals surface area contributed by atoms with Gasteiger partial charge >= 0.3 is 23.9 Å². The summed E-state index contributed by atoms with van der Waals surface area (Å²) in [6.45, 7) is 0. The largest absolute Gasteiger partial charge is 0.478 e. The molecule has 22 heavy (non-hydrogen) atoms. The van der Waals surface area contributed by atoms with E-state index in [4.69, 9.17) is 20.4 Å². The van der Waals surface area contributed by atoms with Crippen LogP contribution in [0.1, 0.15) is 0 Å². The third-order valence-electron chi connectivity index (χ3n) is 1.21. The van der Waals surface area contributed by atoms with Crippen molar-refractivity contribution in [2.24, 2.45) is 0 Å². The van der Waals surface area contributed by atoms with Gasteiger partial charge in [-0.2, -0.15) is 0 Å². The Hall–Kier alpha value is -3.56. The van der Waals surface area contributed by atoms with Crippen LogP contribution < -0.4 is 0 Å². The standard InChI is InChI=1S/C4H4N2.2C4H4O4/c1-2-5-4-6-3-1;2*5-3(6)1-2-4(7)8/h1-4H;2*1-2H,(H,5,6)(H,7,8)/b;2*2-1-. The molecule has 10 heteroatoms. The van der Waals surface area contributed by atoms with Crippen LogP contribution >= 0.6 is 0 Å². The van der Waals surface area contributed by atoms with Crippen molar-refractivity contribution in [3.05, 3.63) is 49.1 Å². The number of carboxylic acids is 4. The maximum atomic E-state index is 9.55. The van der Waals surface area contributed by atoms with Crippen molar-refractivity contribution in [2.75, 3.05) is 0 Å². The number of hydrogen-bond donors (Lipinski definition) is 4. The molecule has 1 rings (SSSR count). The minimum absolute atomic E-state index is 0.558. The van der Waals surface area contributed by atoms with E-state index in [1.807, 2.05) is 0 Å². The topological polar surface area (TPSA) is 175 Å². The Morgan fingerprint density at radius 1 is 0.636 bits per heavy atom. The second kappa shape index (κ2) is 13.9. The molecule has 0 aliphatic carbocycles. The van der Waals surface area contributed by atoms with Gasteiger partial charge in [-0.05, 0) is 6.07 Å². The zero-order valence-corrected chi connectivity index (χ0v) is 10.9. The van der Waals surface area contributed by atoms with Crippen molar-refractivity contribution in [3.63, 3.8) is 0 Å². The Kier molecular flexibility index (Phi) is 13.1. The second-order valence-corrected chi connectivity index (χ2v) is 2.92. The molecule has 118 valence electrons. The lowest BCUT2D eigenvalue weighted by atomic mass is 10.5. The van der Waals surface area contributed by atoms with E-state index in [9.17, 15) is 19.2 Å². The number of aromatic nitrogens is 2. The first-order valence-corrected chi connectivity index (χ1v) is 5.23. The Balaban J connectivity index is 0. The van der Waals surface area contributed by atoms with Crippen LogP contribution in [0.25, 0.3) is 0 Å². The van der Waals surface area contributed by atoms with E-state index in [1.54, 1.807) is 18.5 Å². The molecular formula is C12H12N2O8. The van der Waals surface area contributed by atoms with Gasteiger partial charge in [0, 0.05) is 36.7 Å². The van der Waals surface area contributed by atoms with Crippen LogP contribution in [0.2, 0.25) is 0 Å². The summed E-state index contributed by atoms with van der Waals surface area (Å²) in [5, 5.41) is 31.2. The number of nitrogens with zero attached hydrogens (tertiary/aromatic N) is 2. The highest BCUT2D eigenvalue weighted by Crippen LogP contribution is 1.71. The van der Waals surface area contributed by atoms with Gasteiger partial charge in [0.15, 0.2) is 0 Å². The predicted molar refractivity (Wildman–Crippen MR) is 70.9 cm³/mol. The first-order chi connectivity index (χ1) is 10.3. The summed E-state index contributed by atoms with van der Waals surface area (Å²) in [6.07, 6.45) is 7.11. The molecule has 0 radical (unpaired) electrons. The monoisotopic (exact) mass is 312 g/mol. The molecule has 0 saturated heterocycles. The first-order valence-electron chi connectivity index (χ1n) is 5.23. The zero-order chi connectivity index (χ0) is 17.4. The van der Waals surface area contributed by atoms with Crippen molar-refractivity contribution in [3.8, 4) is 0 Å². The fourth-order valence-electron chi connectivity index (χ4n) is 0.538. The Morgan fingerprint density at radius 2 is 0.909 bits per heavy atom. The third kappa shape index (κ3) is 25.3. The van der Waals surface area contributed by atoms with Gasteiger partial charge in [-0.15, -0.1) is 0 Å². The second-order valence-electron chi connectivity index (χ2n) is 2.92. The molecule has 1 aromatic heterocycles. The van der Waals surface area contributed by atoms with E-state index in [-0.39, 0.29) is 0 Å². The van der Waals surface area contributed by atoms with Gasteiger partial charge in [0.05, 0.1) is 0 Å². The Morgan fingerprint density at radius 3 is 1.00 bits per heavy atom. The maximum Gasteiger partial charge on any atom is 0.328 e. The Bertz CT molecular complexity index is 447.